The predicted octanol–water partition coefficient (Wildman–Crippen LogP) is 2.67. The molecular formula is C22H17N3O5S. The lowest BCUT2D eigenvalue weighted by molar-refractivity contribution is -0.122. The highest BCUT2D eigenvalue weighted by molar-refractivity contribution is 7.89. The fourth-order valence-corrected chi connectivity index (χ4v) is 5.01. The van der Waals surface area contributed by atoms with E-state index in [1.54, 1.807) is 30.3 Å². The SMILES string of the molecule is N#Cc1ccc(N2C(=O)CC(N(Cc3ccco3)S(=O)(=O)c3ccccc3)C2=O)cc1. The highest BCUT2D eigenvalue weighted by Gasteiger charge is 2.47. The summed E-state index contributed by atoms with van der Waals surface area (Å²) >= 11 is 0. The van der Waals surface area contributed by atoms with Crippen molar-refractivity contribution in [1.82, 2.24) is 4.31 Å². The van der Waals surface area contributed by atoms with Crippen LogP contribution >= 0.6 is 0 Å². The summed E-state index contributed by atoms with van der Waals surface area (Å²) in [6.07, 6.45) is 1.11. The van der Waals surface area contributed by atoms with Crippen molar-refractivity contribution < 1.29 is 22.4 Å². The first kappa shape index (κ1) is 20.5. The smallest absolute Gasteiger partial charge is 0.252 e. The normalized spacial score (nSPS) is 16.6. The van der Waals surface area contributed by atoms with Crippen molar-refractivity contribution in [3.63, 3.8) is 0 Å². The molecule has 3 aromatic rings. The van der Waals surface area contributed by atoms with Crippen molar-refractivity contribution >= 4 is 27.5 Å². The number of imide groups is 1. The minimum Gasteiger partial charge on any atom is -0.468 e. The van der Waals surface area contributed by atoms with Gasteiger partial charge in [0.15, 0.2) is 0 Å². The zero-order chi connectivity index (χ0) is 22.0. The van der Waals surface area contributed by atoms with E-state index in [4.69, 9.17) is 9.68 Å². The second-order valence-corrected chi connectivity index (χ2v) is 8.78. The Morgan fingerprint density at radius 1 is 1.03 bits per heavy atom. The van der Waals surface area contributed by atoms with Crippen LogP contribution in [0.25, 0.3) is 0 Å². The fraction of sp³-hybridized carbons (Fsp3) is 0.136. The molecule has 1 aliphatic heterocycles. The Balaban J connectivity index is 1.72. The lowest BCUT2D eigenvalue weighted by Gasteiger charge is -2.26. The van der Waals surface area contributed by atoms with E-state index in [0.717, 1.165) is 9.21 Å². The van der Waals surface area contributed by atoms with Gasteiger partial charge in [0, 0.05) is 0 Å². The van der Waals surface area contributed by atoms with Crippen LogP contribution in [0.2, 0.25) is 0 Å². The van der Waals surface area contributed by atoms with Gasteiger partial charge < -0.3 is 4.42 Å². The Morgan fingerprint density at radius 2 is 1.74 bits per heavy atom. The summed E-state index contributed by atoms with van der Waals surface area (Å²) in [6.45, 7) is -0.199. The van der Waals surface area contributed by atoms with Crippen LogP contribution < -0.4 is 4.90 Å². The highest BCUT2D eigenvalue weighted by Crippen LogP contribution is 2.30. The molecule has 0 bridgehead atoms. The molecule has 1 fully saturated rings. The van der Waals surface area contributed by atoms with Crippen LogP contribution in [0.5, 0.6) is 0 Å². The summed E-state index contributed by atoms with van der Waals surface area (Å²) in [6, 6.07) is 17.7. The van der Waals surface area contributed by atoms with Crippen molar-refractivity contribution in [3.05, 3.63) is 84.3 Å². The summed E-state index contributed by atoms with van der Waals surface area (Å²) in [7, 11) is -4.10. The molecule has 0 saturated carbocycles. The van der Waals surface area contributed by atoms with Gasteiger partial charge in [-0.2, -0.15) is 9.57 Å². The van der Waals surface area contributed by atoms with E-state index in [1.807, 2.05) is 6.07 Å². The number of anilines is 1. The number of hydrogen-bond acceptors (Lipinski definition) is 6. The standard InChI is InChI=1S/C22H17N3O5S/c23-14-16-8-10-17(11-9-16)25-21(26)13-20(22(25)27)24(15-18-5-4-12-30-18)31(28,29)19-6-2-1-3-7-19/h1-12,20H,13,15H2. The van der Waals surface area contributed by atoms with E-state index in [2.05, 4.69) is 0 Å². The summed E-state index contributed by atoms with van der Waals surface area (Å²) in [4.78, 5) is 26.9. The number of carbonyl (C=O) groups is 2. The van der Waals surface area contributed by atoms with Crippen molar-refractivity contribution in [1.29, 1.82) is 5.26 Å². The molecule has 1 unspecified atom stereocenters. The van der Waals surface area contributed by atoms with E-state index < -0.39 is 27.9 Å². The zero-order valence-electron chi connectivity index (χ0n) is 16.2. The summed E-state index contributed by atoms with van der Waals surface area (Å²) in [5, 5.41) is 8.95. The molecule has 2 amide bonds. The number of furan rings is 1. The minimum absolute atomic E-state index is 0.0126. The number of nitrogens with zero attached hydrogens (tertiary/aromatic N) is 3. The Kier molecular flexibility index (Phi) is 5.42. The molecule has 156 valence electrons. The lowest BCUT2D eigenvalue weighted by atomic mass is 10.2. The average molecular weight is 435 g/mol. The van der Waals surface area contributed by atoms with Gasteiger partial charge in [0.1, 0.15) is 11.8 Å². The first-order valence-corrected chi connectivity index (χ1v) is 10.8. The largest absolute Gasteiger partial charge is 0.468 e. The Labute approximate surface area is 179 Å². The molecule has 0 aliphatic carbocycles. The van der Waals surface area contributed by atoms with Crippen LogP contribution in [0.3, 0.4) is 0 Å². The van der Waals surface area contributed by atoms with Gasteiger partial charge in [-0.1, -0.05) is 18.2 Å². The topological polar surface area (TPSA) is 112 Å². The van der Waals surface area contributed by atoms with Crippen molar-refractivity contribution in [3.8, 4) is 6.07 Å². The van der Waals surface area contributed by atoms with Gasteiger partial charge >= 0.3 is 0 Å². The molecule has 0 spiro atoms. The second kappa shape index (κ2) is 8.18. The Hall–Kier alpha value is -3.74. The molecule has 1 atom stereocenters. The van der Waals surface area contributed by atoms with Gasteiger partial charge in [-0.25, -0.2) is 13.3 Å². The van der Waals surface area contributed by atoms with Gasteiger partial charge in [0.25, 0.3) is 5.91 Å². The van der Waals surface area contributed by atoms with E-state index in [9.17, 15) is 18.0 Å². The zero-order valence-corrected chi connectivity index (χ0v) is 17.0. The summed E-state index contributed by atoms with van der Waals surface area (Å²) in [5.74, 6) is -0.829. The van der Waals surface area contributed by atoms with Crippen LogP contribution in [-0.2, 0) is 26.2 Å². The molecule has 2 heterocycles. The number of rotatable bonds is 6. The maximum Gasteiger partial charge on any atom is 0.252 e. The number of carbonyl (C=O) groups excluding carboxylic acids is 2. The van der Waals surface area contributed by atoms with Crippen LogP contribution in [0.15, 0.2) is 82.3 Å². The molecule has 0 radical (unpaired) electrons. The number of hydrogen-bond donors (Lipinski definition) is 0. The molecule has 1 aliphatic rings. The number of nitriles is 1. The van der Waals surface area contributed by atoms with E-state index in [-0.39, 0.29) is 23.5 Å². The second-order valence-electron chi connectivity index (χ2n) is 6.89. The molecule has 1 aromatic heterocycles. The van der Waals surface area contributed by atoms with Gasteiger partial charge in [-0.15, -0.1) is 0 Å². The van der Waals surface area contributed by atoms with E-state index in [0.29, 0.717) is 11.3 Å². The third kappa shape index (κ3) is 3.86. The predicted molar refractivity (Wildman–Crippen MR) is 110 cm³/mol. The molecule has 1 saturated heterocycles. The third-order valence-electron chi connectivity index (χ3n) is 4.97. The monoisotopic (exact) mass is 435 g/mol. The number of sulfonamides is 1. The van der Waals surface area contributed by atoms with Crippen molar-refractivity contribution in [2.24, 2.45) is 0 Å². The molecular weight excluding hydrogens is 418 g/mol. The number of benzene rings is 2. The molecule has 8 nitrogen and oxygen atoms in total. The van der Waals surface area contributed by atoms with Crippen LogP contribution in [0.4, 0.5) is 5.69 Å². The Morgan fingerprint density at radius 3 is 2.35 bits per heavy atom. The van der Waals surface area contributed by atoms with Gasteiger partial charge in [0.05, 0.1) is 41.4 Å². The highest BCUT2D eigenvalue weighted by atomic mass is 32.2. The van der Waals surface area contributed by atoms with Gasteiger partial charge in [-0.05, 0) is 48.5 Å². The number of amides is 2. The molecule has 31 heavy (non-hydrogen) atoms. The first-order valence-electron chi connectivity index (χ1n) is 9.38. The lowest BCUT2D eigenvalue weighted by Crippen LogP contribution is -2.45. The van der Waals surface area contributed by atoms with Gasteiger partial charge in [-0.3, -0.25) is 9.59 Å². The van der Waals surface area contributed by atoms with Crippen LogP contribution in [0, 0.1) is 11.3 Å². The first-order chi connectivity index (χ1) is 14.9. The van der Waals surface area contributed by atoms with Crippen molar-refractivity contribution in [2.45, 2.75) is 23.9 Å². The Bertz CT molecular complexity index is 1250. The molecule has 2 aromatic carbocycles. The molecule has 4 rings (SSSR count). The summed E-state index contributed by atoms with van der Waals surface area (Å²) in [5.41, 5.74) is 0.664. The molecule has 9 heteroatoms. The van der Waals surface area contributed by atoms with E-state index in [1.165, 1.54) is 42.7 Å². The van der Waals surface area contributed by atoms with Crippen LogP contribution in [-0.4, -0.2) is 30.6 Å². The maximum absolute atomic E-state index is 13.4. The maximum atomic E-state index is 13.4. The minimum atomic E-state index is -4.10. The third-order valence-corrected chi connectivity index (χ3v) is 6.84. The quantitative estimate of drug-likeness (QED) is 0.550. The van der Waals surface area contributed by atoms with E-state index >= 15 is 0 Å². The summed E-state index contributed by atoms with van der Waals surface area (Å²) < 4.78 is 33.1. The van der Waals surface area contributed by atoms with Crippen molar-refractivity contribution in [2.75, 3.05) is 4.90 Å². The molecule has 0 N–H and O–H groups in total. The fourth-order valence-electron chi connectivity index (χ4n) is 3.44. The van der Waals surface area contributed by atoms with Gasteiger partial charge in [0.2, 0.25) is 15.9 Å². The van der Waals surface area contributed by atoms with Crippen LogP contribution in [0.1, 0.15) is 17.7 Å². The average Bonchev–Trinajstić information content (AvgIpc) is 3.40.